The van der Waals surface area contributed by atoms with Crippen LogP contribution in [0.15, 0.2) is 36.4 Å². The maximum Gasteiger partial charge on any atom is 0.163 e. The third-order valence-corrected chi connectivity index (χ3v) is 5.94. The van der Waals surface area contributed by atoms with Crippen LogP contribution in [-0.4, -0.2) is 42.9 Å². The van der Waals surface area contributed by atoms with Gasteiger partial charge in [-0.15, -0.1) is 0 Å². The van der Waals surface area contributed by atoms with E-state index in [9.17, 15) is 5.11 Å². The van der Waals surface area contributed by atoms with Gasteiger partial charge in [-0.25, -0.2) is 0 Å². The highest BCUT2D eigenvalue weighted by atomic mass is 16.8. The summed E-state index contributed by atoms with van der Waals surface area (Å²) in [5.74, 6) is 0.924. The molecule has 1 saturated heterocycles. The summed E-state index contributed by atoms with van der Waals surface area (Å²) < 4.78 is 23.5. The van der Waals surface area contributed by atoms with Crippen LogP contribution in [-0.2, 0) is 20.8 Å². The summed E-state index contributed by atoms with van der Waals surface area (Å²) in [6, 6.07) is 8.06. The largest absolute Gasteiger partial charge is 0.497 e. The van der Waals surface area contributed by atoms with Crippen molar-refractivity contribution < 1.29 is 24.1 Å². The summed E-state index contributed by atoms with van der Waals surface area (Å²) in [4.78, 5) is 0. The van der Waals surface area contributed by atoms with E-state index in [0.29, 0.717) is 18.9 Å². The van der Waals surface area contributed by atoms with Crippen LogP contribution in [0, 0.1) is 11.8 Å². The van der Waals surface area contributed by atoms with Gasteiger partial charge in [0.25, 0.3) is 0 Å². The molecule has 1 aromatic carbocycles. The monoisotopic (exact) mass is 404 g/mol. The van der Waals surface area contributed by atoms with Gasteiger partial charge in [-0.05, 0) is 50.8 Å². The van der Waals surface area contributed by atoms with E-state index in [1.165, 1.54) is 12.0 Å². The number of aliphatic hydroxyl groups excluding tert-OH is 1. The molecule has 5 heteroatoms. The molecule has 5 atom stereocenters. The minimum atomic E-state index is -0.593. The fraction of sp³-hybridized carbons (Fsp3) is 0.667. The minimum absolute atomic E-state index is 0.0338. The Labute approximate surface area is 175 Å². The average Bonchev–Trinajstić information content (AvgIpc) is 3.28. The Morgan fingerprint density at radius 3 is 2.66 bits per heavy atom. The van der Waals surface area contributed by atoms with Crippen molar-refractivity contribution in [2.45, 2.75) is 77.2 Å². The normalized spacial score (nSPS) is 30.1. The van der Waals surface area contributed by atoms with Crippen LogP contribution in [0.4, 0.5) is 0 Å². The predicted octanol–water partition coefficient (Wildman–Crippen LogP) is 4.48. The number of hydrogen-bond acceptors (Lipinski definition) is 5. The first kappa shape index (κ1) is 22.3. The van der Waals surface area contributed by atoms with Gasteiger partial charge >= 0.3 is 0 Å². The third-order valence-electron chi connectivity index (χ3n) is 5.94. The molecule has 3 rings (SSSR count). The van der Waals surface area contributed by atoms with Gasteiger partial charge in [0.1, 0.15) is 5.75 Å². The van der Waals surface area contributed by atoms with Crippen molar-refractivity contribution in [3.8, 4) is 5.75 Å². The van der Waals surface area contributed by atoms with Crippen molar-refractivity contribution >= 4 is 0 Å². The van der Waals surface area contributed by atoms with Crippen LogP contribution in [0.1, 0.15) is 52.0 Å². The van der Waals surface area contributed by atoms with Crippen molar-refractivity contribution in [2.75, 3.05) is 13.7 Å². The molecule has 5 nitrogen and oxygen atoms in total. The van der Waals surface area contributed by atoms with Crippen molar-refractivity contribution in [1.29, 1.82) is 0 Å². The van der Waals surface area contributed by atoms with Crippen LogP contribution < -0.4 is 4.74 Å². The number of ether oxygens (including phenoxy) is 4. The molecule has 2 aliphatic rings. The molecule has 2 fully saturated rings. The van der Waals surface area contributed by atoms with Gasteiger partial charge in [0.05, 0.1) is 32.0 Å². The van der Waals surface area contributed by atoms with E-state index in [-0.39, 0.29) is 30.8 Å². The predicted molar refractivity (Wildman–Crippen MR) is 113 cm³/mol. The second-order valence-electron chi connectivity index (χ2n) is 8.69. The van der Waals surface area contributed by atoms with Crippen molar-refractivity contribution in [3.63, 3.8) is 0 Å². The molecular formula is C24H36O5. The highest BCUT2D eigenvalue weighted by Crippen LogP contribution is 2.35. The molecule has 1 aliphatic heterocycles. The zero-order chi connectivity index (χ0) is 20.9. The zero-order valence-electron chi connectivity index (χ0n) is 18.2. The quantitative estimate of drug-likeness (QED) is 0.615. The molecule has 162 valence electrons. The summed E-state index contributed by atoms with van der Waals surface area (Å²) in [5, 5.41) is 9.34. The van der Waals surface area contributed by atoms with Crippen LogP contribution in [0.3, 0.4) is 0 Å². The van der Waals surface area contributed by atoms with Crippen LogP contribution >= 0.6 is 0 Å². The maximum atomic E-state index is 9.34. The highest BCUT2D eigenvalue weighted by molar-refractivity contribution is 5.26. The molecule has 0 amide bonds. The van der Waals surface area contributed by atoms with Crippen molar-refractivity contribution in [1.82, 2.24) is 0 Å². The number of benzene rings is 1. The molecule has 29 heavy (non-hydrogen) atoms. The Hall–Kier alpha value is -1.40. The Kier molecular flexibility index (Phi) is 7.74. The molecule has 1 aromatic rings. The molecule has 1 saturated carbocycles. The van der Waals surface area contributed by atoms with E-state index in [2.05, 4.69) is 31.2 Å². The first-order valence-corrected chi connectivity index (χ1v) is 10.8. The summed E-state index contributed by atoms with van der Waals surface area (Å²) in [6.45, 7) is 6.78. The lowest BCUT2D eigenvalue weighted by Crippen LogP contribution is -2.29. The summed E-state index contributed by atoms with van der Waals surface area (Å²) in [5.41, 5.74) is 1.17. The van der Waals surface area contributed by atoms with Gasteiger partial charge in [0.15, 0.2) is 5.79 Å². The molecule has 0 spiro atoms. The van der Waals surface area contributed by atoms with Gasteiger partial charge in [-0.3, -0.25) is 0 Å². The molecule has 0 aromatic heterocycles. The lowest BCUT2D eigenvalue weighted by molar-refractivity contribution is -0.149. The molecule has 3 unspecified atom stereocenters. The third kappa shape index (κ3) is 6.05. The Morgan fingerprint density at radius 2 is 1.97 bits per heavy atom. The van der Waals surface area contributed by atoms with Gasteiger partial charge in [0.2, 0.25) is 0 Å². The fourth-order valence-corrected chi connectivity index (χ4v) is 4.39. The smallest absolute Gasteiger partial charge is 0.163 e. The number of hydrogen-bond donors (Lipinski definition) is 1. The summed E-state index contributed by atoms with van der Waals surface area (Å²) in [6.07, 6.45) is 8.76. The van der Waals surface area contributed by atoms with E-state index in [0.717, 1.165) is 18.6 Å². The molecular weight excluding hydrogens is 368 g/mol. The van der Waals surface area contributed by atoms with E-state index in [4.69, 9.17) is 18.9 Å². The fourth-order valence-electron chi connectivity index (χ4n) is 4.39. The van der Waals surface area contributed by atoms with Gasteiger partial charge in [0, 0.05) is 18.4 Å². The topological polar surface area (TPSA) is 57.2 Å². The van der Waals surface area contributed by atoms with Crippen LogP contribution in [0.5, 0.6) is 5.75 Å². The Balaban J connectivity index is 1.54. The zero-order valence-corrected chi connectivity index (χ0v) is 18.2. The molecule has 0 radical (unpaired) electrons. The molecule has 1 heterocycles. The summed E-state index contributed by atoms with van der Waals surface area (Å²) >= 11 is 0. The lowest BCUT2D eigenvalue weighted by Gasteiger charge is -2.22. The van der Waals surface area contributed by atoms with Gasteiger partial charge in [-0.2, -0.15) is 0 Å². The van der Waals surface area contributed by atoms with Crippen molar-refractivity contribution in [2.24, 2.45) is 11.8 Å². The van der Waals surface area contributed by atoms with E-state index in [1.807, 2.05) is 26.0 Å². The molecule has 0 bridgehead atoms. The van der Waals surface area contributed by atoms with E-state index in [1.54, 1.807) is 7.11 Å². The lowest BCUT2D eigenvalue weighted by atomic mass is 9.95. The molecule has 1 N–H and O–H groups in total. The van der Waals surface area contributed by atoms with Crippen LogP contribution in [0.25, 0.3) is 0 Å². The van der Waals surface area contributed by atoms with E-state index >= 15 is 0 Å². The second kappa shape index (κ2) is 10.1. The standard InChI is InChI=1S/C24H36O5/c1-17(23-22(14-15-25)28-24(2,3)29-23)8-11-19-6-5-7-21(19)27-16-18-9-12-20(26-4)13-10-18/h8-13,17,19,21-23,25H,5-7,14-16H2,1-4H3/b11-8-/t17?,19-,21+,22?,23?/m1/s1. The van der Waals surface area contributed by atoms with Crippen molar-refractivity contribution in [3.05, 3.63) is 42.0 Å². The number of methoxy groups -OCH3 is 1. The molecule has 1 aliphatic carbocycles. The average molecular weight is 405 g/mol. The van der Waals surface area contributed by atoms with Gasteiger partial charge in [-0.1, -0.05) is 37.6 Å². The Bertz CT molecular complexity index is 654. The first-order chi connectivity index (χ1) is 13.9. The Morgan fingerprint density at radius 1 is 1.21 bits per heavy atom. The van der Waals surface area contributed by atoms with Gasteiger partial charge < -0.3 is 24.1 Å². The first-order valence-electron chi connectivity index (χ1n) is 10.8. The highest BCUT2D eigenvalue weighted by Gasteiger charge is 2.42. The number of rotatable bonds is 9. The second-order valence-corrected chi connectivity index (χ2v) is 8.69. The van der Waals surface area contributed by atoms with Crippen LogP contribution in [0.2, 0.25) is 0 Å². The SMILES string of the molecule is COc1ccc(CO[C@H]2CCC[C@@H]2/C=C\C(C)C2OC(C)(C)OC2CCO)cc1. The minimum Gasteiger partial charge on any atom is -0.497 e. The summed E-state index contributed by atoms with van der Waals surface area (Å²) in [7, 11) is 1.68. The van der Waals surface area contributed by atoms with E-state index < -0.39 is 5.79 Å². The number of aliphatic hydroxyl groups is 1. The maximum absolute atomic E-state index is 9.34.